The first-order chi connectivity index (χ1) is 11.3. The summed E-state index contributed by atoms with van der Waals surface area (Å²) in [7, 11) is 1.11. The first-order valence-corrected chi connectivity index (χ1v) is 7.25. The van der Waals surface area contributed by atoms with E-state index < -0.39 is 28.3 Å². The number of nitro groups is 1. The minimum atomic E-state index is -0.831. The van der Waals surface area contributed by atoms with E-state index in [1.54, 1.807) is 0 Å². The van der Waals surface area contributed by atoms with Gasteiger partial charge in [-0.05, 0) is 24.3 Å². The van der Waals surface area contributed by atoms with Crippen molar-refractivity contribution >= 4 is 39.2 Å². The van der Waals surface area contributed by atoms with Crippen LogP contribution in [0.25, 0.3) is 0 Å². The van der Waals surface area contributed by atoms with Crippen molar-refractivity contribution in [2.24, 2.45) is 0 Å². The van der Waals surface area contributed by atoms with Gasteiger partial charge in [0.1, 0.15) is 5.82 Å². The van der Waals surface area contributed by atoms with Gasteiger partial charge in [-0.2, -0.15) is 0 Å². The van der Waals surface area contributed by atoms with E-state index >= 15 is 0 Å². The van der Waals surface area contributed by atoms with E-state index in [1.807, 2.05) is 0 Å². The average Bonchev–Trinajstić information content (AvgIpc) is 2.56. The highest BCUT2D eigenvalue weighted by Gasteiger charge is 2.19. The Bertz CT molecular complexity index is 841. The van der Waals surface area contributed by atoms with Crippen molar-refractivity contribution in [2.75, 3.05) is 12.4 Å². The maximum Gasteiger partial charge on any atom is 0.338 e. The molecule has 0 saturated carbocycles. The molecule has 0 atom stereocenters. The first kappa shape index (κ1) is 17.5. The Morgan fingerprint density at radius 3 is 2.46 bits per heavy atom. The summed E-state index contributed by atoms with van der Waals surface area (Å²) < 4.78 is 18.8. The lowest BCUT2D eigenvalue weighted by molar-refractivity contribution is -0.384. The molecule has 0 saturated heterocycles. The van der Waals surface area contributed by atoms with Gasteiger partial charge in [0.15, 0.2) is 0 Å². The zero-order valence-electron chi connectivity index (χ0n) is 12.2. The van der Waals surface area contributed by atoms with Gasteiger partial charge in [0, 0.05) is 22.2 Å². The molecule has 0 aliphatic rings. The number of nitrogens with one attached hydrogen (secondary N) is 1. The first-order valence-electron chi connectivity index (χ1n) is 6.46. The number of methoxy groups -OCH3 is 1. The number of nitrogens with zero attached hydrogens (tertiary/aromatic N) is 1. The smallest absolute Gasteiger partial charge is 0.338 e. The molecule has 7 nitrogen and oxygen atoms in total. The van der Waals surface area contributed by atoms with Crippen LogP contribution in [-0.2, 0) is 4.74 Å². The van der Waals surface area contributed by atoms with E-state index in [1.165, 1.54) is 12.1 Å². The van der Waals surface area contributed by atoms with E-state index in [0.29, 0.717) is 4.47 Å². The number of nitro benzene ring substituents is 1. The Hall–Kier alpha value is -2.81. The number of amides is 1. The van der Waals surface area contributed by atoms with Gasteiger partial charge in [0.05, 0.1) is 23.3 Å². The maximum absolute atomic E-state index is 13.8. The van der Waals surface area contributed by atoms with Crippen LogP contribution < -0.4 is 5.32 Å². The fourth-order valence-corrected chi connectivity index (χ4v) is 2.20. The summed E-state index contributed by atoms with van der Waals surface area (Å²) in [4.78, 5) is 34.0. The molecule has 2 aromatic carbocycles. The van der Waals surface area contributed by atoms with Crippen LogP contribution in [0.2, 0.25) is 0 Å². The van der Waals surface area contributed by atoms with Crippen LogP contribution in [0, 0.1) is 15.9 Å². The van der Waals surface area contributed by atoms with Crippen molar-refractivity contribution in [3.05, 3.63) is 67.9 Å². The average molecular weight is 397 g/mol. The molecule has 0 aromatic heterocycles. The third kappa shape index (κ3) is 3.93. The monoisotopic (exact) mass is 396 g/mol. The lowest BCUT2D eigenvalue weighted by atomic mass is 10.1. The van der Waals surface area contributed by atoms with Crippen molar-refractivity contribution in [1.29, 1.82) is 0 Å². The molecule has 9 heteroatoms. The Labute approximate surface area is 143 Å². The van der Waals surface area contributed by atoms with Gasteiger partial charge in [0.2, 0.25) is 0 Å². The molecule has 0 radical (unpaired) electrons. The summed E-state index contributed by atoms with van der Waals surface area (Å²) in [6.07, 6.45) is 0. The SMILES string of the molecule is COC(=O)c1cc(C(=O)Nc2ccc(Br)cc2F)cc([N+](=O)[O-])c1. The van der Waals surface area contributed by atoms with Crippen molar-refractivity contribution in [1.82, 2.24) is 0 Å². The molecule has 0 fully saturated rings. The highest BCUT2D eigenvalue weighted by molar-refractivity contribution is 9.10. The summed E-state index contributed by atoms with van der Waals surface area (Å²) in [5.74, 6) is -2.32. The minimum Gasteiger partial charge on any atom is -0.465 e. The van der Waals surface area contributed by atoms with E-state index in [0.717, 1.165) is 31.4 Å². The van der Waals surface area contributed by atoms with Crippen molar-refractivity contribution < 1.29 is 23.6 Å². The second kappa shape index (κ2) is 7.18. The molecule has 0 spiro atoms. The van der Waals surface area contributed by atoms with Crippen LogP contribution in [0.15, 0.2) is 40.9 Å². The molecule has 2 aromatic rings. The lowest BCUT2D eigenvalue weighted by Gasteiger charge is -2.08. The molecular formula is C15H10BrFN2O5. The summed E-state index contributed by atoms with van der Waals surface area (Å²) in [5.41, 5.74) is -0.895. The number of benzene rings is 2. The lowest BCUT2D eigenvalue weighted by Crippen LogP contribution is -2.14. The van der Waals surface area contributed by atoms with Crippen molar-refractivity contribution in [2.45, 2.75) is 0 Å². The largest absolute Gasteiger partial charge is 0.465 e. The molecule has 2 rings (SSSR count). The summed E-state index contributed by atoms with van der Waals surface area (Å²) in [6, 6.07) is 7.11. The van der Waals surface area contributed by atoms with E-state index in [-0.39, 0.29) is 16.8 Å². The van der Waals surface area contributed by atoms with Crippen LogP contribution in [0.4, 0.5) is 15.8 Å². The van der Waals surface area contributed by atoms with Crippen LogP contribution >= 0.6 is 15.9 Å². The molecule has 24 heavy (non-hydrogen) atoms. The Kier molecular flexibility index (Phi) is 5.24. The second-order valence-electron chi connectivity index (χ2n) is 4.60. The maximum atomic E-state index is 13.8. The number of hydrogen-bond acceptors (Lipinski definition) is 5. The zero-order valence-corrected chi connectivity index (χ0v) is 13.8. The number of ether oxygens (including phenoxy) is 1. The molecular weight excluding hydrogens is 387 g/mol. The van der Waals surface area contributed by atoms with Crippen LogP contribution in [0.5, 0.6) is 0 Å². The normalized spacial score (nSPS) is 10.1. The third-order valence-electron chi connectivity index (χ3n) is 2.99. The molecule has 0 aliphatic heterocycles. The van der Waals surface area contributed by atoms with Gasteiger partial charge < -0.3 is 10.1 Å². The fourth-order valence-electron chi connectivity index (χ4n) is 1.87. The van der Waals surface area contributed by atoms with Gasteiger partial charge in [-0.15, -0.1) is 0 Å². The molecule has 124 valence electrons. The summed E-state index contributed by atoms with van der Waals surface area (Å²) in [5, 5.41) is 13.2. The molecule has 1 N–H and O–H groups in total. The Morgan fingerprint density at radius 1 is 1.21 bits per heavy atom. The Morgan fingerprint density at radius 2 is 1.88 bits per heavy atom. The summed E-state index contributed by atoms with van der Waals surface area (Å²) >= 11 is 3.09. The number of halogens is 2. The molecule has 0 bridgehead atoms. The number of carbonyl (C=O) groups excluding carboxylic acids is 2. The van der Waals surface area contributed by atoms with Gasteiger partial charge >= 0.3 is 5.97 Å². The summed E-state index contributed by atoms with van der Waals surface area (Å²) in [6.45, 7) is 0. The topological polar surface area (TPSA) is 98.5 Å². The number of non-ortho nitro benzene ring substituents is 1. The molecule has 1 amide bonds. The number of hydrogen-bond donors (Lipinski definition) is 1. The van der Waals surface area contributed by atoms with Crippen LogP contribution in [0.1, 0.15) is 20.7 Å². The van der Waals surface area contributed by atoms with Gasteiger partial charge in [-0.25, -0.2) is 9.18 Å². The van der Waals surface area contributed by atoms with E-state index in [9.17, 15) is 24.1 Å². The molecule has 0 unspecified atom stereocenters. The Balaban J connectivity index is 2.39. The van der Waals surface area contributed by atoms with E-state index in [4.69, 9.17) is 0 Å². The van der Waals surface area contributed by atoms with Crippen LogP contribution in [-0.4, -0.2) is 23.9 Å². The predicted octanol–water partition coefficient (Wildman–Crippen LogP) is 3.54. The highest BCUT2D eigenvalue weighted by Crippen LogP contribution is 2.22. The van der Waals surface area contributed by atoms with Gasteiger partial charge in [-0.1, -0.05) is 15.9 Å². The number of rotatable bonds is 4. The van der Waals surface area contributed by atoms with Crippen molar-refractivity contribution in [3.63, 3.8) is 0 Å². The third-order valence-corrected chi connectivity index (χ3v) is 3.48. The van der Waals surface area contributed by atoms with Gasteiger partial charge in [0.25, 0.3) is 11.6 Å². The number of esters is 1. The van der Waals surface area contributed by atoms with Crippen molar-refractivity contribution in [3.8, 4) is 0 Å². The standard InChI is InChI=1S/C15H10BrFN2O5/c1-24-15(21)9-4-8(5-11(6-9)19(22)23)14(20)18-13-3-2-10(16)7-12(13)17/h2-7H,1H3,(H,18,20). The molecule has 0 aliphatic carbocycles. The van der Waals surface area contributed by atoms with E-state index in [2.05, 4.69) is 26.0 Å². The molecule has 0 heterocycles. The predicted molar refractivity (Wildman–Crippen MR) is 86.5 cm³/mol. The number of carbonyl (C=O) groups is 2. The van der Waals surface area contributed by atoms with Gasteiger partial charge in [-0.3, -0.25) is 14.9 Å². The fraction of sp³-hybridized carbons (Fsp3) is 0.0667. The number of anilines is 1. The quantitative estimate of drug-likeness (QED) is 0.484. The zero-order chi connectivity index (χ0) is 17.9. The van der Waals surface area contributed by atoms with Crippen LogP contribution in [0.3, 0.4) is 0 Å². The minimum absolute atomic E-state index is 0.102. The second-order valence-corrected chi connectivity index (χ2v) is 5.51. The highest BCUT2D eigenvalue weighted by atomic mass is 79.9.